The van der Waals surface area contributed by atoms with Crippen LogP contribution in [0.15, 0.2) is 30.3 Å². The molecule has 1 aromatic heterocycles. The molecule has 0 aliphatic heterocycles. The molecule has 5 nitrogen and oxygen atoms in total. The molecule has 1 heterocycles. The SMILES string of the molecule is CCOc1cccc(-c2cc(N)nc(N)n2)c1. The fourth-order valence-corrected chi connectivity index (χ4v) is 1.55. The van der Waals surface area contributed by atoms with Gasteiger partial charge in [0, 0.05) is 11.6 Å². The minimum absolute atomic E-state index is 0.168. The lowest BCUT2D eigenvalue weighted by Crippen LogP contribution is -2.00. The van der Waals surface area contributed by atoms with Crippen LogP contribution < -0.4 is 16.2 Å². The Labute approximate surface area is 99.5 Å². The first-order chi connectivity index (χ1) is 8.19. The van der Waals surface area contributed by atoms with E-state index >= 15 is 0 Å². The molecule has 0 saturated carbocycles. The second-order valence-electron chi connectivity index (χ2n) is 3.50. The predicted molar refractivity (Wildman–Crippen MR) is 67.5 cm³/mol. The van der Waals surface area contributed by atoms with Gasteiger partial charge in [0.05, 0.1) is 12.3 Å². The van der Waals surface area contributed by atoms with E-state index in [0.717, 1.165) is 11.3 Å². The Morgan fingerprint density at radius 2 is 2.00 bits per heavy atom. The summed E-state index contributed by atoms with van der Waals surface area (Å²) in [5.41, 5.74) is 12.8. The van der Waals surface area contributed by atoms with Crippen molar-refractivity contribution in [2.75, 3.05) is 18.1 Å². The number of hydrogen-bond acceptors (Lipinski definition) is 5. The summed E-state index contributed by atoms with van der Waals surface area (Å²) in [7, 11) is 0. The molecular formula is C12H14N4O. The topological polar surface area (TPSA) is 87.0 Å². The highest BCUT2D eigenvalue weighted by Gasteiger charge is 2.04. The molecule has 0 unspecified atom stereocenters. The van der Waals surface area contributed by atoms with Gasteiger partial charge in [0.1, 0.15) is 11.6 Å². The highest BCUT2D eigenvalue weighted by molar-refractivity contribution is 5.64. The van der Waals surface area contributed by atoms with Crippen LogP contribution in [-0.4, -0.2) is 16.6 Å². The quantitative estimate of drug-likeness (QED) is 0.838. The van der Waals surface area contributed by atoms with Crippen LogP contribution in [0.5, 0.6) is 5.75 Å². The first kappa shape index (κ1) is 11.2. The van der Waals surface area contributed by atoms with E-state index in [-0.39, 0.29) is 5.95 Å². The molecule has 0 amide bonds. The van der Waals surface area contributed by atoms with E-state index in [2.05, 4.69) is 9.97 Å². The zero-order valence-electron chi connectivity index (χ0n) is 9.55. The molecule has 0 radical (unpaired) electrons. The van der Waals surface area contributed by atoms with E-state index in [4.69, 9.17) is 16.2 Å². The van der Waals surface area contributed by atoms with E-state index in [9.17, 15) is 0 Å². The van der Waals surface area contributed by atoms with Gasteiger partial charge in [-0.2, -0.15) is 4.98 Å². The fraction of sp³-hybridized carbons (Fsp3) is 0.167. The summed E-state index contributed by atoms with van der Waals surface area (Å²) in [6.45, 7) is 2.56. The first-order valence-electron chi connectivity index (χ1n) is 5.32. The number of nitrogens with zero attached hydrogens (tertiary/aromatic N) is 2. The van der Waals surface area contributed by atoms with E-state index in [1.807, 2.05) is 31.2 Å². The molecule has 4 N–H and O–H groups in total. The molecular weight excluding hydrogens is 216 g/mol. The van der Waals surface area contributed by atoms with Gasteiger partial charge in [0.2, 0.25) is 5.95 Å². The molecule has 0 aliphatic carbocycles. The van der Waals surface area contributed by atoms with Crippen LogP contribution in [0.4, 0.5) is 11.8 Å². The number of rotatable bonds is 3. The average molecular weight is 230 g/mol. The molecule has 5 heteroatoms. The lowest BCUT2D eigenvalue weighted by molar-refractivity contribution is 0.340. The van der Waals surface area contributed by atoms with Gasteiger partial charge in [0.25, 0.3) is 0 Å². The third-order valence-corrected chi connectivity index (χ3v) is 2.20. The zero-order valence-corrected chi connectivity index (χ0v) is 9.55. The lowest BCUT2D eigenvalue weighted by atomic mass is 10.1. The number of aromatic nitrogens is 2. The van der Waals surface area contributed by atoms with Crippen LogP contribution >= 0.6 is 0 Å². The molecule has 2 rings (SSSR count). The molecule has 88 valence electrons. The van der Waals surface area contributed by atoms with Crippen molar-refractivity contribution in [3.05, 3.63) is 30.3 Å². The summed E-state index contributed by atoms with van der Waals surface area (Å²) < 4.78 is 5.42. The third-order valence-electron chi connectivity index (χ3n) is 2.20. The highest BCUT2D eigenvalue weighted by atomic mass is 16.5. The second kappa shape index (κ2) is 4.69. The Morgan fingerprint density at radius 1 is 1.18 bits per heavy atom. The van der Waals surface area contributed by atoms with Crippen molar-refractivity contribution in [1.29, 1.82) is 0 Å². The monoisotopic (exact) mass is 230 g/mol. The first-order valence-corrected chi connectivity index (χ1v) is 5.32. The van der Waals surface area contributed by atoms with Gasteiger partial charge in [-0.15, -0.1) is 0 Å². The molecule has 1 aromatic carbocycles. The number of nitrogens with two attached hydrogens (primary N) is 2. The molecule has 0 bridgehead atoms. The smallest absolute Gasteiger partial charge is 0.222 e. The van der Waals surface area contributed by atoms with Crippen LogP contribution in [-0.2, 0) is 0 Å². The van der Waals surface area contributed by atoms with Gasteiger partial charge >= 0.3 is 0 Å². The summed E-state index contributed by atoms with van der Waals surface area (Å²) >= 11 is 0. The van der Waals surface area contributed by atoms with Gasteiger partial charge in [-0.05, 0) is 19.1 Å². The van der Waals surface area contributed by atoms with E-state index in [1.165, 1.54) is 0 Å². The normalized spacial score (nSPS) is 10.2. The van der Waals surface area contributed by atoms with Crippen molar-refractivity contribution >= 4 is 11.8 Å². The minimum atomic E-state index is 0.168. The molecule has 0 saturated heterocycles. The summed E-state index contributed by atoms with van der Waals surface area (Å²) in [5, 5.41) is 0. The van der Waals surface area contributed by atoms with E-state index < -0.39 is 0 Å². The Kier molecular flexibility index (Phi) is 3.09. The van der Waals surface area contributed by atoms with Gasteiger partial charge in [-0.3, -0.25) is 0 Å². The van der Waals surface area contributed by atoms with E-state index in [1.54, 1.807) is 6.07 Å². The summed E-state index contributed by atoms with van der Waals surface area (Å²) in [6.07, 6.45) is 0. The number of benzene rings is 1. The third kappa shape index (κ3) is 2.63. The highest BCUT2D eigenvalue weighted by Crippen LogP contribution is 2.23. The largest absolute Gasteiger partial charge is 0.494 e. The molecule has 0 spiro atoms. The Bertz CT molecular complexity index is 507. The maximum absolute atomic E-state index is 5.63. The summed E-state index contributed by atoms with van der Waals surface area (Å²) in [5.74, 6) is 1.32. The number of hydrogen-bond donors (Lipinski definition) is 2. The standard InChI is InChI=1S/C12H14N4O/c1-2-17-9-5-3-4-8(6-9)10-7-11(13)16-12(14)15-10/h3-7H,2H2,1H3,(H4,13,14,15,16). The average Bonchev–Trinajstić information content (AvgIpc) is 2.28. The number of nitrogen functional groups attached to an aromatic ring is 2. The Morgan fingerprint density at radius 3 is 2.71 bits per heavy atom. The van der Waals surface area contributed by atoms with Crippen LogP contribution in [0.2, 0.25) is 0 Å². The lowest BCUT2D eigenvalue weighted by Gasteiger charge is -2.06. The van der Waals surface area contributed by atoms with Crippen molar-refractivity contribution in [2.45, 2.75) is 6.92 Å². The summed E-state index contributed by atoms with van der Waals surface area (Å²) in [4.78, 5) is 7.97. The fourth-order valence-electron chi connectivity index (χ4n) is 1.55. The molecule has 2 aromatic rings. The maximum atomic E-state index is 5.63. The van der Waals surface area contributed by atoms with Gasteiger partial charge < -0.3 is 16.2 Å². The number of ether oxygens (including phenoxy) is 1. The van der Waals surface area contributed by atoms with Crippen LogP contribution in [0.25, 0.3) is 11.3 Å². The molecule has 0 atom stereocenters. The molecule has 0 fully saturated rings. The van der Waals surface area contributed by atoms with E-state index in [0.29, 0.717) is 18.1 Å². The van der Waals surface area contributed by atoms with Crippen LogP contribution in [0.1, 0.15) is 6.92 Å². The van der Waals surface area contributed by atoms with Crippen LogP contribution in [0, 0.1) is 0 Å². The van der Waals surface area contributed by atoms with Gasteiger partial charge in [0.15, 0.2) is 0 Å². The van der Waals surface area contributed by atoms with Crippen molar-refractivity contribution in [3.8, 4) is 17.0 Å². The predicted octanol–water partition coefficient (Wildman–Crippen LogP) is 1.71. The maximum Gasteiger partial charge on any atom is 0.222 e. The van der Waals surface area contributed by atoms with Gasteiger partial charge in [-0.1, -0.05) is 12.1 Å². The Hall–Kier alpha value is -2.30. The van der Waals surface area contributed by atoms with Crippen molar-refractivity contribution in [3.63, 3.8) is 0 Å². The second-order valence-corrected chi connectivity index (χ2v) is 3.50. The van der Waals surface area contributed by atoms with Crippen LogP contribution in [0.3, 0.4) is 0 Å². The zero-order chi connectivity index (χ0) is 12.3. The Balaban J connectivity index is 2.41. The minimum Gasteiger partial charge on any atom is -0.494 e. The molecule has 17 heavy (non-hydrogen) atoms. The number of anilines is 2. The van der Waals surface area contributed by atoms with Crippen molar-refractivity contribution in [1.82, 2.24) is 9.97 Å². The summed E-state index contributed by atoms with van der Waals surface area (Å²) in [6, 6.07) is 9.28. The molecule has 0 aliphatic rings. The van der Waals surface area contributed by atoms with Crippen molar-refractivity contribution in [2.24, 2.45) is 0 Å². The van der Waals surface area contributed by atoms with Crippen molar-refractivity contribution < 1.29 is 4.74 Å². The van der Waals surface area contributed by atoms with Gasteiger partial charge in [-0.25, -0.2) is 4.98 Å².